The largest absolute Gasteiger partial charge is 0.480 e. The zero-order valence-electron chi connectivity index (χ0n) is 12.5. The minimum Gasteiger partial charge on any atom is -0.480 e. The Morgan fingerprint density at radius 1 is 1.38 bits per heavy atom. The SMILES string of the molecule is CN(CCN1CCNCC1)C(=O)C1Cc2ccccc2O1. The van der Waals surface area contributed by atoms with Crippen LogP contribution in [0.25, 0.3) is 0 Å². The van der Waals surface area contributed by atoms with E-state index in [1.54, 1.807) is 4.90 Å². The predicted molar refractivity (Wildman–Crippen MR) is 81.5 cm³/mol. The van der Waals surface area contributed by atoms with Crippen LogP contribution in [0.4, 0.5) is 0 Å². The standard InChI is InChI=1S/C16H23N3O2/c1-18(10-11-19-8-6-17-7-9-19)16(20)15-12-13-4-2-3-5-14(13)21-15/h2-5,15,17H,6-12H2,1H3. The molecule has 0 aromatic heterocycles. The number of hydrogen-bond acceptors (Lipinski definition) is 4. The summed E-state index contributed by atoms with van der Waals surface area (Å²) in [5.41, 5.74) is 1.13. The van der Waals surface area contributed by atoms with Gasteiger partial charge in [0.05, 0.1) is 0 Å². The molecule has 21 heavy (non-hydrogen) atoms. The maximum absolute atomic E-state index is 12.5. The molecular weight excluding hydrogens is 266 g/mol. The van der Waals surface area contributed by atoms with Crippen LogP contribution >= 0.6 is 0 Å². The molecule has 1 amide bonds. The Hall–Kier alpha value is -1.59. The van der Waals surface area contributed by atoms with Gasteiger partial charge in [0.2, 0.25) is 0 Å². The molecule has 1 atom stereocenters. The summed E-state index contributed by atoms with van der Waals surface area (Å²) in [5.74, 6) is 0.938. The second-order valence-corrected chi connectivity index (χ2v) is 5.77. The monoisotopic (exact) mass is 289 g/mol. The van der Waals surface area contributed by atoms with Crippen LogP contribution in [0.1, 0.15) is 5.56 Å². The number of nitrogens with one attached hydrogen (secondary N) is 1. The fourth-order valence-electron chi connectivity index (χ4n) is 2.90. The lowest BCUT2D eigenvalue weighted by Gasteiger charge is -2.29. The number of ether oxygens (including phenoxy) is 1. The molecule has 1 N–H and O–H groups in total. The highest BCUT2D eigenvalue weighted by Gasteiger charge is 2.30. The topological polar surface area (TPSA) is 44.8 Å². The Morgan fingerprint density at radius 3 is 2.90 bits per heavy atom. The number of likely N-dealkylation sites (N-methyl/N-ethyl adjacent to an activating group) is 1. The minimum absolute atomic E-state index is 0.0846. The van der Waals surface area contributed by atoms with Gasteiger partial charge in [0.15, 0.2) is 6.10 Å². The van der Waals surface area contributed by atoms with E-state index in [1.807, 2.05) is 31.3 Å². The van der Waals surface area contributed by atoms with E-state index in [2.05, 4.69) is 10.2 Å². The molecule has 1 unspecified atom stereocenters. The van der Waals surface area contributed by atoms with Gasteiger partial charge in [-0.1, -0.05) is 18.2 Å². The molecule has 5 heteroatoms. The van der Waals surface area contributed by atoms with Crippen molar-refractivity contribution in [2.45, 2.75) is 12.5 Å². The van der Waals surface area contributed by atoms with E-state index in [0.29, 0.717) is 6.42 Å². The van der Waals surface area contributed by atoms with Crippen LogP contribution in [0.5, 0.6) is 5.75 Å². The van der Waals surface area contributed by atoms with E-state index in [1.165, 1.54) is 0 Å². The maximum atomic E-state index is 12.5. The number of fused-ring (bicyclic) bond motifs is 1. The number of piperazine rings is 1. The molecule has 3 rings (SSSR count). The van der Waals surface area contributed by atoms with Gasteiger partial charge in [-0.25, -0.2) is 0 Å². The van der Waals surface area contributed by atoms with Crippen LogP contribution < -0.4 is 10.1 Å². The third-order valence-corrected chi connectivity index (χ3v) is 4.26. The van der Waals surface area contributed by atoms with Crippen LogP contribution in [0.2, 0.25) is 0 Å². The van der Waals surface area contributed by atoms with E-state index in [4.69, 9.17) is 4.74 Å². The molecule has 0 spiro atoms. The van der Waals surface area contributed by atoms with Crippen LogP contribution in [0.15, 0.2) is 24.3 Å². The summed E-state index contributed by atoms with van der Waals surface area (Å²) in [6, 6.07) is 7.90. The van der Waals surface area contributed by atoms with Crippen LogP contribution in [-0.2, 0) is 11.2 Å². The first-order valence-corrected chi connectivity index (χ1v) is 7.66. The molecule has 0 aliphatic carbocycles. The number of amides is 1. The molecule has 1 aromatic rings. The number of para-hydroxylation sites is 1. The van der Waals surface area contributed by atoms with E-state index < -0.39 is 0 Å². The quantitative estimate of drug-likeness (QED) is 0.869. The summed E-state index contributed by atoms with van der Waals surface area (Å²) in [6.07, 6.45) is 0.336. The fraction of sp³-hybridized carbons (Fsp3) is 0.562. The molecule has 5 nitrogen and oxygen atoms in total. The van der Waals surface area contributed by atoms with Gasteiger partial charge in [-0.3, -0.25) is 9.69 Å². The summed E-state index contributed by atoms with van der Waals surface area (Å²) in [4.78, 5) is 16.7. The molecule has 0 saturated carbocycles. The minimum atomic E-state index is -0.351. The smallest absolute Gasteiger partial charge is 0.263 e. The molecule has 1 saturated heterocycles. The van der Waals surface area contributed by atoms with Gasteiger partial charge in [-0.05, 0) is 11.6 Å². The normalized spacial score (nSPS) is 21.7. The maximum Gasteiger partial charge on any atom is 0.263 e. The lowest BCUT2D eigenvalue weighted by molar-refractivity contribution is -0.136. The summed E-state index contributed by atoms with van der Waals surface area (Å²) >= 11 is 0. The van der Waals surface area contributed by atoms with Crippen molar-refractivity contribution in [1.82, 2.24) is 15.1 Å². The van der Waals surface area contributed by atoms with Gasteiger partial charge < -0.3 is 15.0 Å². The number of nitrogens with zero attached hydrogens (tertiary/aromatic N) is 2. The first kappa shape index (κ1) is 14.4. The van der Waals surface area contributed by atoms with Crippen molar-refractivity contribution in [3.05, 3.63) is 29.8 Å². The van der Waals surface area contributed by atoms with Crippen LogP contribution in [0, 0.1) is 0 Å². The van der Waals surface area contributed by atoms with Crippen molar-refractivity contribution in [2.75, 3.05) is 46.3 Å². The highest BCUT2D eigenvalue weighted by Crippen LogP contribution is 2.28. The first-order chi connectivity index (χ1) is 10.2. The zero-order chi connectivity index (χ0) is 14.7. The number of benzene rings is 1. The van der Waals surface area contributed by atoms with Crippen LogP contribution in [0.3, 0.4) is 0 Å². The van der Waals surface area contributed by atoms with Crippen molar-refractivity contribution in [1.29, 1.82) is 0 Å². The highest BCUT2D eigenvalue weighted by atomic mass is 16.5. The van der Waals surface area contributed by atoms with Gasteiger partial charge in [0.25, 0.3) is 5.91 Å². The molecular formula is C16H23N3O2. The number of rotatable bonds is 4. The number of carbonyl (C=O) groups is 1. The van der Waals surface area contributed by atoms with E-state index in [9.17, 15) is 4.79 Å². The molecule has 2 aliphatic rings. The van der Waals surface area contributed by atoms with E-state index >= 15 is 0 Å². The summed E-state index contributed by atoms with van der Waals surface area (Å²) in [6.45, 7) is 5.90. The van der Waals surface area contributed by atoms with Crippen molar-refractivity contribution in [2.24, 2.45) is 0 Å². The van der Waals surface area contributed by atoms with E-state index in [0.717, 1.165) is 50.6 Å². The Morgan fingerprint density at radius 2 is 2.14 bits per heavy atom. The lowest BCUT2D eigenvalue weighted by Crippen LogP contribution is -2.48. The average Bonchev–Trinajstić information content (AvgIpc) is 2.97. The molecule has 114 valence electrons. The molecule has 0 radical (unpaired) electrons. The van der Waals surface area contributed by atoms with Gasteiger partial charge in [-0.15, -0.1) is 0 Å². The number of hydrogen-bond donors (Lipinski definition) is 1. The molecule has 2 heterocycles. The summed E-state index contributed by atoms with van der Waals surface area (Å²) in [7, 11) is 1.87. The Kier molecular flexibility index (Phi) is 4.41. The van der Waals surface area contributed by atoms with Crippen molar-refractivity contribution in [3.8, 4) is 5.75 Å². The van der Waals surface area contributed by atoms with Crippen molar-refractivity contribution < 1.29 is 9.53 Å². The molecule has 1 fully saturated rings. The highest BCUT2D eigenvalue weighted by molar-refractivity contribution is 5.82. The Balaban J connectivity index is 1.49. The van der Waals surface area contributed by atoms with Gasteiger partial charge >= 0.3 is 0 Å². The average molecular weight is 289 g/mol. The zero-order valence-corrected chi connectivity index (χ0v) is 12.5. The number of carbonyl (C=O) groups excluding carboxylic acids is 1. The van der Waals surface area contributed by atoms with Gasteiger partial charge in [0.1, 0.15) is 5.75 Å². The summed E-state index contributed by atoms with van der Waals surface area (Å²) in [5, 5.41) is 3.34. The molecule has 1 aromatic carbocycles. The van der Waals surface area contributed by atoms with Gasteiger partial charge in [0, 0.05) is 52.7 Å². The second-order valence-electron chi connectivity index (χ2n) is 5.77. The van der Waals surface area contributed by atoms with Crippen LogP contribution in [-0.4, -0.2) is 68.1 Å². The van der Waals surface area contributed by atoms with Crippen molar-refractivity contribution in [3.63, 3.8) is 0 Å². The van der Waals surface area contributed by atoms with E-state index in [-0.39, 0.29) is 12.0 Å². The van der Waals surface area contributed by atoms with Crippen molar-refractivity contribution >= 4 is 5.91 Å². The first-order valence-electron chi connectivity index (χ1n) is 7.66. The fourth-order valence-corrected chi connectivity index (χ4v) is 2.90. The third kappa shape index (κ3) is 3.36. The second kappa shape index (κ2) is 6.45. The molecule has 0 bridgehead atoms. The Bertz CT molecular complexity index is 475. The lowest BCUT2D eigenvalue weighted by atomic mass is 10.1. The Labute approximate surface area is 125 Å². The van der Waals surface area contributed by atoms with Gasteiger partial charge in [-0.2, -0.15) is 0 Å². The summed E-state index contributed by atoms with van der Waals surface area (Å²) < 4.78 is 5.77. The predicted octanol–water partition coefficient (Wildman–Crippen LogP) is 0.354. The molecule has 2 aliphatic heterocycles. The third-order valence-electron chi connectivity index (χ3n) is 4.26.